The van der Waals surface area contributed by atoms with Crippen molar-refractivity contribution in [3.05, 3.63) is 133 Å². The van der Waals surface area contributed by atoms with Crippen LogP contribution >= 0.6 is 22.7 Å². The molecule has 6 nitrogen and oxygen atoms in total. The van der Waals surface area contributed by atoms with E-state index in [0.717, 1.165) is 91.1 Å². The number of unbranched alkanes of at least 4 members (excludes halogenated alkanes) is 8. The number of thiophene rings is 2. The smallest absolute Gasteiger partial charge is 0.370 e. The van der Waals surface area contributed by atoms with Crippen LogP contribution < -0.4 is 18.9 Å². The molecule has 1 N–H and O–H groups in total. The zero-order valence-corrected chi connectivity index (χ0v) is 40.6. The van der Waals surface area contributed by atoms with E-state index in [1.165, 1.54) is 93.1 Å². The molecule has 0 atom stereocenters. The molecule has 65 heavy (non-hydrogen) atoms. The third kappa shape index (κ3) is 12.9. The molecule has 0 bridgehead atoms. The summed E-state index contributed by atoms with van der Waals surface area (Å²) in [7, 11) is 0. The first-order valence-electron chi connectivity index (χ1n) is 24.1. The van der Waals surface area contributed by atoms with Crippen molar-refractivity contribution in [2.24, 2.45) is 0 Å². The third-order valence-corrected chi connectivity index (χ3v) is 14.6. The van der Waals surface area contributed by atoms with E-state index in [1.807, 2.05) is 41.1 Å². The Kier molecular flexibility index (Phi) is 17.7. The second kappa shape index (κ2) is 24.2. The van der Waals surface area contributed by atoms with Gasteiger partial charge in [-0.3, -0.25) is 0 Å². The number of carboxylic acids is 1. The summed E-state index contributed by atoms with van der Waals surface area (Å²) in [5.74, 6) is 0.941. The van der Waals surface area contributed by atoms with E-state index >= 15 is 0 Å². The van der Waals surface area contributed by atoms with Crippen LogP contribution in [0.25, 0.3) is 41.4 Å². The summed E-state index contributed by atoms with van der Waals surface area (Å²) in [6.07, 6.45) is 20.0. The van der Waals surface area contributed by atoms with Crippen molar-refractivity contribution in [3.8, 4) is 42.1 Å². The van der Waals surface area contributed by atoms with Crippen LogP contribution in [0, 0.1) is 0 Å². The van der Waals surface area contributed by atoms with Crippen LogP contribution in [-0.4, -0.2) is 24.3 Å². The zero-order chi connectivity index (χ0) is 45.4. The molecule has 0 aliphatic carbocycles. The van der Waals surface area contributed by atoms with Crippen molar-refractivity contribution in [2.75, 3.05) is 18.1 Å². The van der Waals surface area contributed by atoms with E-state index in [9.17, 15) is 9.90 Å². The predicted octanol–water partition coefficient (Wildman–Crippen LogP) is 16.4. The van der Waals surface area contributed by atoms with E-state index < -0.39 is 5.97 Å². The fourth-order valence-corrected chi connectivity index (χ4v) is 10.9. The molecule has 3 heterocycles. The predicted molar refractivity (Wildman–Crippen MR) is 275 cm³/mol. The highest BCUT2D eigenvalue weighted by atomic mass is 32.1. The van der Waals surface area contributed by atoms with Crippen molar-refractivity contribution in [1.82, 2.24) is 0 Å². The number of ether oxygens (including phenoxy) is 2. The van der Waals surface area contributed by atoms with Crippen molar-refractivity contribution < 1.29 is 23.9 Å². The van der Waals surface area contributed by atoms with Crippen molar-refractivity contribution in [3.63, 3.8) is 0 Å². The Morgan fingerprint density at radius 3 is 1.60 bits per heavy atom. The van der Waals surface area contributed by atoms with Gasteiger partial charge in [-0.25, -0.2) is 4.79 Å². The lowest BCUT2D eigenvalue weighted by molar-refractivity contribution is -0.684. The molecule has 7 rings (SSSR count). The number of aromatic nitrogens is 1. The Hall–Kier alpha value is -5.44. The van der Waals surface area contributed by atoms with Crippen molar-refractivity contribution in [1.29, 1.82) is 0 Å². The van der Waals surface area contributed by atoms with Crippen LogP contribution in [0.1, 0.15) is 116 Å². The van der Waals surface area contributed by atoms with Gasteiger partial charge in [-0.15, -0.1) is 22.7 Å². The SMILES string of the molecule is CCCCCCc1cc(-c2sc(-c3ccc4c[n+](CC(=O)O)ccc4c3)cc2CCCCCC)sc1-c1ccc(N(c2ccc(OCCCC)cc2)c2ccc(OCCCC)cc2)cc1. The van der Waals surface area contributed by atoms with Crippen LogP contribution in [0.15, 0.2) is 122 Å². The van der Waals surface area contributed by atoms with Crippen LogP contribution in [0.3, 0.4) is 0 Å². The van der Waals surface area contributed by atoms with Crippen LogP contribution in [0.2, 0.25) is 0 Å². The summed E-state index contributed by atoms with van der Waals surface area (Å²) < 4.78 is 13.8. The molecule has 0 saturated carbocycles. The summed E-state index contributed by atoms with van der Waals surface area (Å²) >= 11 is 3.87. The van der Waals surface area contributed by atoms with Crippen molar-refractivity contribution in [2.45, 2.75) is 124 Å². The minimum atomic E-state index is -0.843. The first kappa shape index (κ1) is 47.5. The summed E-state index contributed by atoms with van der Waals surface area (Å²) in [5, 5.41) is 11.5. The molecule has 0 amide bonds. The lowest BCUT2D eigenvalue weighted by Crippen LogP contribution is -2.36. The van der Waals surface area contributed by atoms with E-state index in [4.69, 9.17) is 9.47 Å². The zero-order valence-electron chi connectivity index (χ0n) is 39.0. The number of carbonyl (C=O) groups is 1. The van der Waals surface area contributed by atoms with Gasteiger partial charge in [0, 0.05) is 48.0 Å². The Bertz CT molecular complexity index is 2500. The average Bonchev–Trinajstić information content (AvgIpc) is 3.95. The van der Waals surface area contributed by atoms with Gasteiger partial charge in [0.1, 0.15) is 11.5 Å². The van der Waals surface area contributed by atoms with Crippen molar-refractivity contribution >= 4 is 56.5 Å². The minimum absolute atomic E-state index is 0.0485. The maximum Gasteiger partial charge on any atom is 0.370 e. The van der Waals surface area contributed by atoms with Gasteiger partial charge in [0.2, 0.25) is 6.54 Å². The third-order valence-electron chi connectivity index (χ3n) is 12.0. The Labute approximate surface area is 395 Å². The standard InChI is InChI=1S/C57H66N2O4S2/c1-5-9-13-15-17-45-39-54(57-46(18-16-14-10-6-2)38-53(64-57)44-19-20-47-40-58(41-55(60)61)34-33-43(47)37-44)65-56(45)42-21-23-48(24-22-42)59(49-25-29-51(30-26-49)62-35-11-7-3)50-27-31-52(32-28-50)63-36-12-8-4/h19-34,37-40H,5-18,35-36,41H2,1-4H3/p+1. The average molecular weight is 908 g/mol. The Balaban J connectivity index is 1.23. The van der Waals surface area contributed by atoms with Gasteiger partial charge in [0.05, 0.1) is 13.2 Å². The highest BCUT2D eigenvalue weighted by Crippen LogP contribution is 2.47. The lowest BCUT2D eigenvalue weighted by Gasteiger charge is -2.26. The summed E-state index contributed by atoms with van der Waals surface area (Å²) in [4.78, 5) is 19.1. The second-order valence-electron chi connectivity index (χ2n) is 17.2. The first-order valence-corrected chi connectivity index (χ1v) is 25.8. The normalized spacial score (nSPS) is 11.3. The molecule has 340 valence electrons. The molecule has 0 radical (unpaired) electrons. The molecule has 0 saturated heterocycles. The van der Waals surface area contributed by atoms with Crippen LogP contribution in [-0.2, 0) is 24.2 Å². The lowest BCUT2D eigenvalue weighted by atomic mass is 10.0. The fourth-order valence-electron chi connectivity index (χ4n) is 8.32. The number of pyridine rings is 1. The minimum Gasteiger partial charge on any atom is -0.494 e. The Morgan fingerprint density at radius 2 is 1.05 bits per heavy atom. The summed E-state index contributed by atoms with van der Waals surface area (Å²) in [6.45, 7) is 10.3. The van der Waals surface area contributed by atoms with E-state index in [2.05, 4.69) is 136 Å². The molecular weight excluding hydrogens is 841 g/mol. The molecule has 0 aliphatic rings. The molecule has 0 fully saturated rings. The number of hydrogen-bond donors (Lipinski definition) is 1. The number of aliphatic carboxylic acids is 1. The van der Waals surface area contributed by atoms with Gasteiger partial charge in [-0.05, 0) is 151 Å². The first-order chi connectivity index (χ1) is 31.9. The molecule has 4 aromatic carbocycles. The fraction of sp³-hybridized carbons (Fsp3) is 0.368. The number of rotatable bonds is 26. The largest absolute Gasteiger partial charge is 0.494 e. The number of carboxylic acid groups (broad SMARTS) is 1. The molecule has 0 unspecified atom stereocenters. The molecule has 3 aromatic heterocycles. The molecule has 0 spiro atoms. The van der Waals surface area contributed by atoms with Crippen LogP contribution in [0.4, 0.5) is 17.1 Å². The molecule has 8 heteroatoms. The van der Waals surface area contributed by atoms with E-state index in [1.54, 1.807) is 4.57 Å². The summed E-state index contributed by atoms with van der Waals surface area (Å²) in [6, 6.07) is 39.7. The number of benzene rings is 4. The summed E-state index contributed by atoms with van der Waals surface area (Å²) in [5.41, 5.74) is 8.58. The van der Waals surface area contributed by atoms with Gasteiger partial charge in [-0.2, -0.15) is 4.57 Å². The number of aryl methyl sites for hydroxylation is 2. The van der Waals surface area contributed by atoms with E-state index in [0.29, 0.717) is 0 Å². The van der Waals surface area contributed by atoms with Crippen LogP contribution in [0.5, 0.6) is 11.5 Å². The molecule has 7 aromatic rings. The monoisotopic (exact) mass is 907 g/mol. The quantitative estimate of drug-likeness (QED) is 0.0433. The second-order valence-corrected chi connectivity index (χ2v) is 19.3. The highest BCUT2D eigenvalue weighted by molar-refractivity contribution is 7.25. The van der Waals surface area contributed by atoms with Gasteiger partial charge in [-0.1, -0.05) is 97.3 Å². The molecular formula is C57H67N2O4S2+. The maximum atomic E-state index is 11.4. The van der Waals surface area contributed by atoms with Gasteiger partial charge in [0.15, 0.2) is 12.4 Å². The highest BCUT2D eigenvalue weighted by Gasteiger charge is 2.20. The number of anilines is 3. The number of hydrogen-bond acceptors (Lipinski definition) is 6. The van der Waals surface area contributed by atoms with Gasteiger partial charge < -0.3 is 19.5 Å². The number of nitrogens with zero attached hydrogens (tertiary/aromatic N) is 2. The maximum absolute atomic E-state index is 11.4. The van der Waals surface area contributed by atoms with E-state index in [-0.39, 0.29) is 6.54 Å². The topological polar surface area (TPSA) is 62.9 Å². The molecule has 0 aliphatic heterocycles. The Morgan fingerprint density at radius 1 is 0.538 bits per heavy atom. The van der Waals surface area contributed by atoms with Gasteiger partial charge in [0.25, 0.3) is 0 Å². The van der Waals surface area contributed by atoms with Gasteiger partial charge >= 0.3 is 5.97 Å². The number of fused-ring (bicyclic) bond motifs is 1.